The Morgan fingerprint density at radius 3 is 1.96 bits per heavy atom. The first-order valence-electron chi connectivity index (χ1n) is 8.47. The minimum atomic E-state index is -3.58. The minimum Gasteiger partial charge on any atom is -0.350 e. The van der Waals surface area contributed by atoms with E-state index in [1.165, 1.54) is 4.31 Å². The van der Waals surface area contributed by atoms with E-state index in [9.17, 15) is 13.2 Å². The third kappa shape index (κ3) is 6.69. The van der Waals surface area contributed by atoms with Crippen LogP contribution in [0.4, 0.5) is 5.69 Å². The second-order valence-corrected chi connectivity index (χ2v) is 10.6. The maximum absolute atomic E-state index is 12.6. The normalized spacial score (nSPS) is 12.8. The van der Waals surface area contributed by atoms with Gasteiger partial charge in [-0.15, -0.1) is 0 Å². The van der Waals surface area contributed by atoms with Gasteiger partial charge in [0.25, 0.3) is 0 Å². The van der Waals surface area contributed by atoms with Crippen LogP contribution in [-0.2, 0) is 14.8 Å². The number of sulfonamides is 1. The fourth-order valence-corrected chi connectivity index (χ4v) is 4.45. The van der Waals surface area contributed by atoms with Gasteiger partial charge in [0.1, 0.15) is 6.54 Å². The van der Waals surface area contributed by atoms with Gasteiger partial charge in [0.15, 0.2) is 0 Å². The monoisotopic (exact) mass is 368 g/mol. The molecule has 1 aromatic carbocycles. The van der Waals surface area contributed by atoms with E-state index in [1.54, 1.807) is 0 Å². The van der Waals surface area contributed by atoms with Crippen molar-refractivity contribution in [3.05, 3.63) is 29.3 Å². The Morgan fingerprint density at radius 1 is 1.08 bits per heavy atom. The van der Waals surface area contributed by atoms with Gasteiger partial charge in [0.2, 0.25) is 15.9 Å². The van der Waals surface area contributed by atoms with Gasteiger partial charge in [-0.05, 0) is 50.7 Å². The van der Waals surface area contributed by atoms with Gasteiger partial charge in [-0.25, -0.2) is 8.42 Å². The summed E-state index contributed by atoms with van der Waals surface area (Å²) in [6, 6.07) is 5.57. The van der Waals surface area contributed by atoms with Crippen LogP contribution in [0.25, 0.3) is 0 Å². The lowest BCUT2D eigenvalue weighted by Gasteiger charge is -2.34. The minimum absolute atomic E-state index is 0.0555. The van der Waals surface area contributed by atoms with E-state index >= 15 is 0 Å². The van der Waals surface area contributed by atoms with Crippen molar-refractivity contribution in [2.24, 2.45) is 5.41 Å². The molecule has 0 spiro atoms. The molecule has 0 aliphatic carbocycles. The SMILES string of the molecule is Cc1cccc(C)c1N(CC(=O)NC(C)(C)CC(C)(C)C)S(C)(=O)=O. The Labute approximate surface area is 152 Å². The van der Waals surface area contributed by atoms with Gasteiger partial charge in [-0.2, -0.15) is 0 Å². The lowest BCUT2D eigenvalue weighted by atomic mass is 9.82. The van der Waals surface area contributed by atoms with Crippen molar-refractivity contribution >= 4 is 21.6 Å². The number of hydrogen-bond acceptors (Lipinski definition) is 3. The summed E-state index contributed by atoms with van der Waals surface area (Å²) in [6.07, 6.45) is 1.92. The zero-order valence-electron chi connectivity index (χ0n) is 16.7. The number of amides is 1. The molecule has 1 aromatic rings. The van der Waals surface area contributed by atoms with Crippen molar-refractivity contribution in [3.63, 3.8) is 0 Å². The highest BCUT2D eigenvalue weighted by atomic mass is 32.2. The molecule has 0 bridgehead atoms. The second-order valence-electron chi connectivity index (χ2n) is 8.68. The summed E-state index contributed by atoms with van der Waals surface area (Å²) in [5.74, 6) is -0.303. The highest BCUT2D eigenvalue weighted by Gasteiger charge is 2.29. The predicted molar refractivity (Wildman–Crippen MR) is 104 cm³/mol. The largest absolute Gasteiger partial charge is 0.350 e. The number of aryl methyl sites for hydroxylation is 2. The molecule has 5 nitrogen and oxygen atoms in total. The first-order chi connectivity index (χ1) is 11.1. The van der Waals surface area contributed by atoms with Crippen LogP contribution in [0.1, 0.15) is 52.2 Å². The summed E-state index contributed by atoms with van der Waals surface area (Å²) in [4.78, 5) is 12.6. The highest BCUT2D eigenvalue weighted by molar-refractivity contribution is 7.92. The van der Waals surface area contributed by atoms with E-state index < -0.39 is 15.6 Å². The van der Waals surface area contributed by atoms with E-state index in [1.807, 2.05) is 45.9 Å². The molecule has 0 radical (unpaired) electrons. The topological polar surface area (TPSA) is 66.5 Å². The van der Waals surface area contributed by atoms with Crippen LogP contribution in [-0.4, -0.2) is 32.7 Å². The molecule has 0 fully saturated rings. The Bertz CT molecular complexity index is 711. The Balaban J connectivity index is 3.08. The molecule has 142 valence electrons. The van der Waals surface area contributed by atoms with Crippen LogP contribution in [0.3, 0.4) is 0 Å². The Kier molecular flexibility index (Phi) is 6.32. The molecule has 0 unspecified atom stereocenters. The maximum atomic E-state index is 12.6. The maximum Gasteiger partial charge on any atom is 0.241 e. The van der Waals surface area contributed by atoms with E-state index in [2.05, 4.69) is 26.1 Å². The second kappa shape index (κ2) is 7.36. The van der Waals surface area contributed by atoms with Crippen LogP contribution in [0.2, 0.25) is 0 Å². The zero-order chi connectivity index (χ0) is 19.6. The number of benzene rings is 1. The van der Waals surface area contributed by atoms with Gasteiger partial charge in [-0.3, -0.25) is 9.10 Å². The molecule has 0 aliphatic rings. The van der Waals surface area contributed by atoms with Gasteiger partial charge >= 0.3 is 0 Å². The van der Waals surface area contributed by atoms with Gasteiger partial charge in [-0.1, -0.05) is 39.0 Å². The molecule has 1 rings (SSSR count). The Morgan fingerprint density at radius 2 is 1.56 bits per heavy atom. The molecule has 1 amide bonds. The number of anilines is 1. The van der Waals surface area contributed by atoms with Crippen LogP contribution in [0, 0.1) is 19.3 Å². The molecule has 0 saturated heterocycles. The van der Waals surface area contributed by atoms with E-state index in [-0.39, 0.29) is 17.9 Å². The molecule has 25 heavy (non-hydrogen) atoms. The van der Waals surface area contributed by atoms with Crippen molar-refractivity contribution in [2.45, 2.75) is 60.4 Å². The van der Waals surface area contributed by atoms with E-state index in [0.29, 0.717) is 5.69 Å². The average molecular weight is 369 g/mol. The number of rotatable bonds is 6. The highest BCUT2D eigenvalue weighted by Crippen LogP contribution is 2.28. The lowest BCUT2D eigenvalue weighted by Crippen LogP contribution is -2.50. The third-order valence-electron chi connectivity index (χ3n) is 3.83. The zero-order valence-corrected chi connectivity index (χ0v) is 17.5. The van der Waals surface area contributed by atoms with Crippen LogP contribution in [0.15, 0.2) is 18.2 Å². The van der Waals surface area contributed by atoms with Crippen molar-refractivity contribution in [1.82, 2.24) is 5.32 Å². The molecule has 0 heterocycles. The number of para-hydroxylation sites is 1. The van der Waals surface area contributed by atoms with Crippen LogP contribution < -0.4 is 9.62 Å². The van der Waals surface area contributed by atoms with E-state index in [4.69, 9.17) is 0 Å². The summed E-state index contributed by atoms with van der Waals surface area (Å²) in [6.45, 7) is 13.7. The molecule has 0 atom stereocenters. The fraction of sp³-hybridized carbons (Fsp3) is 0.632. The molecule has 0 aliphatic heterocycles. The molecule has 0 aromatic heterocycles. The number of nitrogens with zero attached hydrogens (tertiary/aromatic N) is 1. The van der Waals surface area contributed by atoms with Crippen molar-refractivity contribution in [2.75, 3.05) is 17.1 Å². The third-order valence-corrected chi connectivity index (χ3v) is 4.94. The number of nitrogens with one attached hydrogen (secondary N) is 1. The molecular formula is C19H32N2O3S. The van der Waals surface area contributed by atoms with E-state index in [0.717, 1.165) is 23.8 Å². The first kappa shape index (κ1) is 21.5. The van der Waals surface area contributed by atoms with Crippen LogP contribution >= 0.6 is 0 Å². The standard InChI is InChI=1S/C19H32N2O3S/c1-14-10-9-11-15(2)17(14)21(25(8,23)24)12-16(22)20-19(6,7)13-18(3,4)5/h9-11H,12-13H2,1-8H3,(H,20,22). The van der Waals surface area contributed by atoms with Gasteiger partial charge in [0.05, 0.1) is 11.9 Å². The van der Waals surface area contributed by atoms with Crippen molar-refractivity contribution < 1.29 is 13.2 Å². The first-order valence-corrected chi connectivity index (χ1v) is 10.3. The van der Waals surface area contributed by atoms with Crippen molar-refractivity contribution in [3.8, 4) is 0 Å². The number of carbonyl (C=O) groups excluding carboxylic acids is 1. The van der Waals surface area contributed by atoms with Gasteiger partial charge in [0, 0.05) is 5.54 Å². The summed E-state index contributed by atoms with van der Waals surface area (Å²) in [5.41, 5.74) is 1.87. The van der Waals surface area contributed by atoms with Gasteiger partial charge < -0.3 is 5.32 Å². The lowest BCUT2D eigenvalue weighted by molar-refractivity contribution is -0.121. The fourth-order valence-electron chi connectivity index (χ4n) is 3.48. The number of hydrogen-bond donors (Lipinski definition) is 1. The average Bonchev–Trinajstić information content (AvgIpc) is 2.31. The predicted octanol–water partition coefficient (Wildman–Crippen LogP) is 3.40. The quantitative estimate of drug-likeness (QED) is 0.837. The number of carbonyl (C=O) groups is 1. The molecule has 1 N–H and O–H groups in total. The summed E-state index contributed by atoms with van der Waals surface area (Å²) in [7, 11) is -3.58. The van der Waals surface area contributed by atoms with Crippen molar-refractivity contribution in [1.29, 1.82) is 0 Å². The summed E-state index contributed by atoms with van der Waals surface area (Å²) in [5, 5.41) is 2.98. The molecular weight excluding hydrogens is 336 g/mol. The summed E-state index contributed by atoms with van der Waals surface area (Å²) < 4.78 is 25.8. The molecule has 0 saturated carbocycles. The van der Waals surface area contributed by atoms with Crippen LogP contribution in [0.5, 0.6) is 0 Å². The summed E-state index contributed by atoms with van der Waals surface area (Å²) >= 11 is 0. The Hall–Kier alpha value is -1.56. The molecule has 6 heteroatoms. The smallest absolute Gasteiger partial charge is 0.241 e.